The van der Waals surface area contributed by atoms with Crippen molar-refractivity contribution < 1.29 is 41.8 Å². The molecule has 0 bridgehead atoms. The molecule has 0 unspecified atom stereocenters. The minimum Gasteiger partial charge on any atom is -0.462 e. The van der Waals surface area contributed by atoms with E-state index in [1.807, 2.05) is 4.98 Å². The number of H-pyrrole nitrogens is 1. The van der Waals surface area contributed by atoms with Crippen LogP contribution in [0, 0.1) is 0 Å². The molecule has 1 aliphatic heterocycles. The van der Waals surface area contributed by atoms with Crippen LogP contribution in [0.4, 0.5) is 8.78 Å². The Hall–Kier alpha value is -2.90. The van der Waals surface area contributed by atoms with Crippen LogP contribution in [0.3, 0.4) is 0 Å². The number of hydrogen-bond acceptors (Lipinski definition) is 9. The largest absolute Gasteiger partial charge is 0.462 e. The van der Waals surface area contributed by atoms with E-state index in [9.17, 15) is 32.8 Å². The molecule has 1 saturated heterocycles. The fourth-order valence-corrected chi connectivity index (χ4v) is 4.73. The molecule has 3 N–H and O–H groups in total. The van der Waals surface area contributed by atoms with E-state index in [1.54, 1.807) is 32.0 Å². The Labute approximate surface area is 203 Å². The highest BCUT2D eigenvalue weighted by atomic mass is 31.2. The van der Waals surface area contributed by atoms with Crippen molar-refractivity contribution in [1.82, 2.24) is 14.6 Å². The van der Waals surface area contributed by atoms with E-state index >= 15 is 0 Å². The maximum absolute atomic E-state index is 14.8. The van der Waals surface area contributed by atoms with Crippen LogP contribution in [0.15, 0.2) is 52.2 Å². The van der Waals surface area contributed by atoms with Crippen molar-refractivity contribution in [3.8, 4) is 5.75 Å². The number of carbonyl (C=O) groups excluding carboxylic acids is 1. The SMILES string of the molecule is CC(C)OC(=O)[C@H](C)N[P@@](=O)(OC[C@H]1O[C@@H](n2ccc(=O)[nH]c2=O)C(F)(F)[C@@H]1O)Oc1ccccc1. The second kappa shape index (κ2) is 11.0. The number of hydrogen-bond donors (Lipinski definition) is 3. The van der Waals surface area contributed by atoms with Crippen molar-refractivity contribution in [1.29, 1.82) is 0 Å². The number of nitrogens with zero attached hydrogens (tertiary/aromatic N) is 1. The number of aliphatic hydroxyl groups is 1. The molecule has 12 nitrogen and oxygen atoms in total. The lowest BCUT2D eigenvalue weighted by molar-refractivity contribution is -0.149. The number of ether oxygens (including phenoxy) is 2. The van der Waals surface area contributed by atoms with Gasteiger partial charge in [0.25, 0.3) is 5.56 Å². The monoisotopic (exact) mass is 533 g/mol. The summed E-state index contributed by atoms with van der Waals surface area (Å²) in [6, 6.07) is 7.36. The number of halogens is 2. The van der Waals surface area contributed by atoms with Crippen LogP contribution in [0.5, 0.6) is 5.75 Å². The maximum Gasteiger partial charge on any atom is 0.459 e. The zero-order valence-corrected chi connectivity index (χ0v) is 20.4. The summed E-state index contributed by atoms with van der Waals surface area (Å²) in [7, 11) is -4.43. The lowest BCUT2D eigenvalue weighted by Crippen LogP contribution is -2.43. The van der Waals surface area contributed by atoms with Gasteiger partial charge in [-0.3, -0.25) is 23.7 Å². The molecule has 198 valence electrons. The number of esters is 1. The van der Waals surface area contributed by atoms with Gasteiger partial charge in [0, 0.05) is 12.3 Å². The van der Waals surface area contributed by atoms with Gasteiger partial charge in [-0.2, -0.15) is 13.9 Å². The summed E-state index contributed by atoms with van der Waals surface area (Å²) in [5.74, 6) is -4.68. The number of nitrogens with one attached hydrogen (secondary N) is 2. The normalized spacial score (nSPS) is 23.7. The molecule has 15 heteroatoms. The number of aromatic nitrogens is 2. The van der Waals surface area contributed by atoms with Crippen molar-refractivity contribution in [2.75, 3.05) is 6.61 Å². The van der Waals surface area contributed by atoms with Gasteiger partial charge in [-0.25, -0.2) is 9.36 Å². The van der Waals surface area contributed by atoms with Gasteiger partial charge >= 0.3 is 25.3 Å². The van der Waals surface area contributed by atoms with Crippen molar-refractivity contribution in [2.45, 2.75) is 57.3 Å². The molecule has 2 aromatic rings. The van der Waals surface area contributed by atoms with Crippen molar-refractivity contribution in [2.24, 2.45) is 0 Å². The molecule has 36 heavy (non-hydrogen) atoms. The summed E-state index contributed by atoms with van der Waals surface area (Å²) >= 11 is 0. The molecule has 0 amide bonds. The first-order valence-electron chi connectivity index (χ1n) is 10.8. The van der Waals surface area contributed by atoms with Gasteiger partial charge in [0.15, 0.2) is 6.10 Å². The maximum atomic E-state index is 14.8. The molecule has 0 spiro atoms. The van der Waals surface area contributed by atoms with E-state index < -0.39 is 68.1 Å². The van der Waals surface area contributed by atoms with Crippen LogP contribution in [0.1, 0.15) is 27.0 Å². The minimum atomic E-state index is -4.43. The fraction of sp³-hybridized carbons (Fsp3) is 0.476. The number of alkyl halides is 2. The van der Waals surface area contributed by atoms with Gasteiger partial charge < -0.3 is 19.1 Å². The van der Waals surface area contributed by atoms with E-state index in [0.29, 0.717) is 4.57 Å². The Morgan fingerprint density at radius 2 is 1.92 bits per heavy atom. The van der Waals surface area contributed by atoms with Gasteiger partial charge in [-0.1, -0.05) is 18.2 Å². The highest BCUT2D eigenvalue weighted by molar-refractivity contribution is 7.52. The predicted molar refractivity (Wildman–Crippen MR) is 121 cm³/mol. The molecule has 1 fully saturated rings. The van der Waals surface area contributed by atoms with Crippen LogP contribution < -0.4 is 20.9 Å². The van der Waals surface area contributed by atoms with Crippen LogP contribution in [0.2, 0.25) is 0 Å². The molecule has 1 aromatic heterocycles. The second-order valence-corrected chi connectivity index (χ2v) is 9.89. The third-order valence-electron chi connectivity index (χ3n) is 4.92. The Morgan fingerprint density at radius 3 is 2.53 bits per heavy atom. The summed E-state index contributed by atoms with van der Waals surface area (Å²) in [5, 5.41) is 12.6. The molecule has 5 atom stereocenters. The predicted octanol–water partition coefficient (Wildman–Crippen LogP) is 1.56. The summed E-state index contributed by atoms with van der Waals surface area (Å²) in [6.45, 7) is 3.69. The van der Waals surface area contributed by atoms with Gasteiger partial charge in [-0.15, -0.1) is 0 Å². The van der Waals surface area contributed by atoms with Gasteiger partial charge in [0.05, 0.1) is 12.7 Å². The summed E-state index contributed by atoms with van der Waals surface area (Å²) in [6.07, 6.45) is -6.20. The smallest absolute Gasteiger partial charge is 0.459 e. The van der Waals surface area contributed by atoms with Crippen LogP contribution in [-0.2, 0) is 23.4 Å². The lowest BCUT2D eigenvalue weighted by atomic mass is 10.1. The molecule has 2 heterocycles. The van der Waals surface area contributed by atoms with E-state index in [1.165, 1.54) is 19.1 Å². The molecule has 0 aliphatic carbocycles. The van der Waals surface area contributed by atoms with Crippen molar-refractivity contribution in [3.63, 3.8) is 0 Å². The Kier molecular flexibility index (Phi) is 8.47. The van der Waals surface area contributed by atoms with Crippen LogP contribution in [0.25, 0.3) is 0 Å². The Morgan fingerprint density at radius 1 is 1.25 bits per heavy atom. The standard InChI is InChI=1S/C21H26F2N3O9P/c1-12(2)33-18(29)13(3)25-36(31,35-14-7-5-4-6-8-14)32-11-15-17(28)21(22,23)19(34-15)26-10-9-16(27)24-20(26)30/h4-10,12-13,15,17,19,28H,11H2,1-3H3,(H,25,31)(H,24,27,30)/t13-,15+,17+,19+,36+/m0/s1. The highest BCUT2D eigenvalue weighted by Crippen LogP contribution is 2.47. The molecule has 1 aliphatic rings. The first-order valence-corrected chi connectivity index (χ1v) is 12.4. The topological polar surface area (TPSA) is 158 Å². The van der Waals surface area contributed by atoms with Crippen molar-refractivity contribution >= 4 is 13.7 Å². The zero-order chi connectivity index (χ0) is 26.7. The third kappa shape index (κ3) is 6.45. The van der Waals surface area contributed by atoms with E-state index in [4.69, 9.17) is 18.5 Å². The zero-order valence-electron chi connectivity index (χ0n) is 19.5. The highest BCUT2D eigenvalue weighted by Gasteiger charge is 2.60. The lowest BCUT2D eigenvalue weighted by Gasteiger charge is -2.25. The summed E-state index contributed by atoms with van der Waals surface area (Å²) < 4.78 is 64.3. The van der Waals surface area contributed by atoms with E-state index in [2.05, 4.69) is 5.09 Å². The van der Waals surface area contributed by atoms with E-state index in [-0.39, 0.29) is 5.75 Å². The average Bonchev–Trinajstić information content (AvgIpc) is 3.01. The Balaban J connectivity index is 1.80. The average molecular weight is 533 g/mol. The number of benzene rings is 1. The molecular formula is C21H26F2N3O9P. The summed E-state index contributed by atoms with van der Waals surface area (Å²) in [5.41, 5.74) is -1.99. The van der Waals surface area contributed by atoms with Gasteiger partial charge in [0.2, 0.25) is 6.23 Å². The fourth-order valence-electron chi connectivity index (χ4n) is 3.22. The second-order valence-electron chi connectivity index (χ2n) is 8.20. The van der Waals surface area contributed by atoms with Crippen molar-refractivity contribution in [3.05, 3.63) is 63.4 Å². The van der Waals surface area contributed by atoms with Gasteiger partial charge in [0.1, 0.15) is 17.9 Å². The first kappa shape index (κ1) is 27.7. The quantitative estimate of drug-likeness (QED) is 0.302. The third-order valence-corrected chi connectivity index (χ3v) is 6.56. The summed E-state index contributed by atoms with van der Waals surface area (Å²) in [4.78, 5) is 37.2. The minimum absolute atomic E-state index is 0.0775. The van der Waals surface area contributed by atoms with Crippen LogP contribution >= 0.6 is 7.75 Å². The van der Waals surface area contributed by atoms with Crippen LogP contribution in [-0.4, -0.2) is 57.5 Å². The molecule has 0 radical (unpaired) electrons. The molecule has 3 rings (SSSR count). The molecule has 0 saturated carbocycles. The Bertz CT molecular complexity index is 1220. The number of carbonyl (C=O) groups is 1. The van der Waals surface area contributed by atoms with Gasteiger partial charge in [-0.05, 0) is 32.9 Å². The molecular weight excluding hydrogens is 507 g/mol. The van der Waals surface area contributed by atoms with E-state index in [0.717, 1.165) is 12.3 Å². The number of para-hydroxylation sites is 1. The molecule has 1 aromatic carbocycles. The first-order chi connectivity index (χ1) is 16.8. The number of rotatable bonds is 10. The number of aliphatic hydroxyl groups excluding tert-OH is 1. The number of aromatic amines is 1.